The molecule has 0 aliphatic heterocycles. The number of nitrogens with zero attached hydrogens (tertiary/aromatic N) is 4. The maximum Gasteiger partial charge on any atom is 0.233 e. The van der Waals surface area contributed by atoms with Gasteiger partial charge in [-0.05, 0) is 38.1 Å². The predicted molar refractivity (Wildman–Crippen MR) is 107 cm³/mol. The molecule has 0 radical (unpaired) electrons. The Hall–Kier alpha value is -2.60. The molecular weight excluding hydrogens is 344 g/mol. The van der Waals surface area contributed by atoms with Gasteiger partial charge in [0, 0.05) is 18.5 Å². The van der Waals surface area contributed by atoms with Gasteiger partial charge in [-0.1, -0.05) is 36.0 Å². The number of hydrogen-bond acceptors (Lipinski definition) is 4. The molecule has 5 nitrogen and oxygen atoms in total. The number of fused-ring (bicyclic) bond motifs is 5. The van der Waals surface area contributed by atoms with Crippen molar-refractivity contribution < 1.29 is 4.79 Å². The largest absolute Gasteiger partial charge is 0.343 e. The number of carbonyl (C=O) groups excluding carboxylic acids is 1. The van der Waals surface area contributed by atoms with E-state index >= 15 is 0 Å². The molecule has 26 heavy (non-hydrogen) atoms. The number of thioether (sulfide) groups is 1. The molecule has 0 aliphatic carbocycles. The maximum atomic E-state index is 12.4. The first-order valence-corrected chi connectivity index (χ1v) is 9.78. The van der Waals surface area contributed by atoms with E-state index in [4.69, 9.17) is 9.97 Å². The summed E-state index contributed by atoms with van der Waals surface area (Å²) < 4.78 is 2.07. The lowest BCUT2D eigenvalue weighted by atomic mass is 10.2. The molecule has 0 atom stereocenters. The van der Waals surface area contributed by atoms with Crippen molar-refractivity contribution in [2.24, 2.45) is 0 Å². The summed E-state index contributed by atoms with van der Waals surface area (Å²) in [5.41, 5.74) is 3.73. The van der Waals surface area contributed by atoms with Crippen molar-refractivity contribution in [3.8, 4) is 0 Å². The van der Waals surface area contributed by atoms with Crippen LogP contribution in [0.4, 0.5) is 0 Å². The Morgan fingerprint density at radius 3 is 2.46 bits per heavy atom. The third-order valence-electron chi connectivity index (χ3n) is 4.55. The molecule has 1 amide bonds. The van der Waals surface area contributed by atoms with E-state index in [1.807, 2.05) is 67.3 Å². The van der Waals surface area contributed by atoms with Crippen LogP contribution in [0.25, 0.3) is 27.6 Å². The van der Waals surface area contributed by atoms with E-state index in [9.17, 15) is 4.79 Å². The highest BCUT2D eigenvalue weighted by atomic mass is 32.2. The number of carbonyl (C=O) groups is 1. The average molecular weight is 364 g/mol. The Labute approximate surface area is 156 Å². The summed E-state index contributed by atoms with van der Waals surface area (Å²) >= 11 is 1.47. The molecule has 4 aromatic rings. The highest BCUT2D eigenvalue weighted by Crippen LogP contribution is 2.28. The molecule has 0 bridgehead atoms. The molecule has 2 aromatic carbocycles. The van der Waals surface area contributed by atoms with Gasteiger partial charge in [0.2, 0.25) is 5.91 Å². The number of benzene rings is 2. The van der Waals surface area contributed by atoms with Gasteiger partial charge in [-0.3, -0.25) is 9.20 Å². The predicted octanol–water partition coefficient (Wildman–Crippen LogP) is 4.00. The van der Waals surface area contributed by atoms with Gasteiger partial charge >= 0.3 is 0 Å². The van der Waals surface area contributed by atoms with Crippen LogP contribution in [-0.4, -0.2) is 44.0 Å². The van der Waals surface area contributed by atoms with Crippen molar-refractivity contribution in [1.82, 2.24) is 19.3 Å². The van der Waals surface area contributed by atoms with Crippen LogP contribution >= 0.6 is 11.8 Å². The normalized spacial score (nSPS) is 11.5. The highest BCUT2D eigenvalue weighted by Gasteiger charge is 2.16. The quantitative estimate of drug-likeness (QED) is 0.397. The lowest BCUT2D eigenvalue weighted by Crippen LogP contribution is -2.31. The molecule has 132 valence electrons. The van der Waals surface area contributed by atoms with Crippen LogP contribution in [0.1, 0.15) is 13.8 Å². The van der Waals surface area contributed by atoms with E-state index in [0.29, 0.717) is 5.75 Å². The number of amides is 1. The molecule has 0 spiro atoms. The second kappa shape index (κ2) is 6.96. The number of hydrogen-bond donors (Lipinski definition) is 0. The van der Waals surface area contributed by atoms with Gasteiger partial charge in [0.1, 0.15) is 5.65 Å². The first-order valence-electron chi connectivity index (χ1n) is 8.79. The third-order valence-corrected chi connectivity index (χ3v) is 5.48. The van der Waals surface area contributed by atoms with E-state index in [1.165, 1.54) is 11.8 Å². The summed E-state index contributed by atoms with van der Waals surface area (Å²) in [7, 11) is 0. The zero-order valence-corrected chi connectivity index (χ0v) is 15.7. The lowest BCUT2D eigenvalue weighted by molar-refractivity contribution is -0.127. The van der Waals surface area contributed by atoms with Crippen molar-refractivity contribution in [3.63, 3.8) is 0 Å². The van der Waals surface area contributed by atoms with Gasteiger partial charge < -0.3 is 4.90 Å². The summed E-state index contributed by atoms with van der Waals surface area (Å²) in [6.07, 6.45) is 0. The van der Waals surface area contributed by atoms with Gasteiger partial charge in [0.05, 0.1) is 22.3 Å². The van der Waals surface area contributed by atoms with Crippen molar-refractivity contribution in [2.75, 3.05) is 18.8 Å². The number of imidazole rings is 1. The molecule has 2 heterocycles. The number of para-hydroxylation sites is 3. The molecular formula is C20H20N4OS. The van der Waals surface area contributed by atoms with Gasteiger partial charge in [0.25, 0.3) is 0 Å². The highest BCUT2D eigenvalue weighted by molar-refractivity contribution is 7.99. The third kappa shape index (κ3) is 2.80. The fraction of sp³-hybridized carbons (Fsp3) is 0.250. The topological polar surface area (TPSA) is 50.5 Å². The van der Waals surface area contributed by atoms with Gasteiger partial charge in [-0.25, -0.2) is 9.97 Å². The second-order valence-electron chi connectivity index (χ2n) is 6.03. The van der Waals surface area contributed by atoms with Crippen LogP contribution in [0.5, 0.6) is 0 Å². The molecule has 0 saturated heterocycles. The monoisotopic (exact) mass is 364 g/mol. The SMILES string of the molecule is CCN(CC)C(=O)CSc1nc2ccccc2c2nc3ccccc3n12. The fourth-order valence-electron chi connectivity index (χ4n) is 3.20. The van der Waals surface area contributed by atoms with Gasteiger partial charge in [-0.15, -0.1) is 0 Å². The summed E-state index contributed by atoms with van der Waals surface area (Å²) in [5.74, 6) is 0.502. The lowest BCUT2D eigenvalue weighted by Gasteiger charge is -2.18. The average Bonchev–Trinajstić information content (AvgIpc) is 3.07. The second-order valence-corrected chi connectivity index (χ2v) is 6.97. The van der Waals surface area contributed by atoms with E-state index in [-0.39, 0.29) is 5.91 Å². The van der Waals surface area contributed by atoms with E-state index in [2.05, 4.69) is 4.40 Å². The van der Waals surface area contributed by atoms with Crippen LogP contribution in [0, 0.1) is 0 Å². The van der Waals surface area contributed by atoms with Crippen molar-refractivity contribution in [3.05, 3.63) is 48.5 Å². The van der Waals surface area contributed by atoms with Crippen molar-refractivity contribution in [2.45, 2.75) is 19.0 Å². The summed E-state index contributed by atoms with van der Waals surface area (Å²) in [6, 6.07) is 16.0. The van der Waals surface area contributed by atoms with Crippen LogP contribution < -0.4 is 0 Å². The van der Waals surface area contributed by atoms with Gasteiger partial charge in [0.15, 0.2) is 5.16 Å². The summed E-state index contributed by atoms with van der Waals surface area (Å²) in [4.78, 5) is 23.9. The number of rotatable bonds is 5. The molecule has 0 aliphatic rings. The Morgan fingerprint density at radius 1 is 1.00 bits per heavy atom. The molecule has 6 heteroatoms. The van der Waals surface area contributed by atoms with E-state index in [0.717, 1.165) is 45.8 Å². The molecule has 4 rings (SSSR count). The molecule has 0 fully saturated rings. The molecule has 2 aromatic heterocycles. The Kier molecular flexibility index (Phi) is 4.51. The fourth-order valence-corrected chi connectivity index (χ4v) is 4.12. The van der Waals surface area contributed by atoms with Crippen LogP contribution in [-0.2, 0) is 4.79 Å². The minimum absolute atomic E-state index is 0.132. The summed E-state index contributed by atoms with van der Waals surface area (Å²) in [6.45, 7) is 5.46. The summed E-state index contributed by atoms with van der Waals surface area (Å²) in [5, 5.41) is 1.82. The Balaban J connectivity index is 1.85. The number of aromatic nitrogens is 3. The van der Waals surface area contributed by atoms with E-state index < -0.39 is 0 Å². The smallest absolute Gasteiger partial charge is 0.233 e. The van der Waals surface area contributed by atoms with Crippen LogP contribution in [0.15, 0.2) is 53.7 Å². The minimum Gasteiger partial charge on any atom is -0.343 e. The van der Waals surface area contributed by atoms with E-state index in [1.54, 1.807) is 0 Å². The molecule has 0 N–H and O–H groups in total. The molecule has 0 unspecified atom stereocenters. The molecule has 0 saturated carbocycles. The minimum atomic E-state index is 0.132. The first-order chi connectivity index (χ1) is 12.7. The van der Waals surface area contributed by atoms with Crippen molar-refractivity contribution >= 4 is 45.3 Å². The van der Waals surface area contributed by atoms with Crippen molar-refractivity contribution in [1.29, 1.82) is 0 Å². The Morgan fingerprint density at radius 2 is 1.69 bits per heavy atom. The van der Waals surface area contributed by atoms with Gasteiger partial charge in [-0.2, -0.15) is 0 Å². The maximum absolute atomic E-state index is 12.4. The zero-order valence-electron chi connectivity index (χ0n) is 14.8. The van der Waals surface area contributed by atoms with Crippen LogP contribution in [0.2, 0.25) is 0 Å². The Bertz CT molecular complexity index is 1100. The standard InChI is InChI=1S/C20H20N4OS/c1-3-23(4-2)18(25)13-26-20-22-15-10-6-5-9-14(15)19-21-16-11-7-8-12-17(16)24(19)20/h5-12H,3-4,13H2,1-2H3. The first kappa shape index (κ1) is 16.8. The van der Waals surface area contributed by atoms with Crippen LogP contribution in [0.3, 0.4) is 0 Å². The zero-order chi connectivity index (χ0) is 18.1.